The lowest BCUT2D eigenvalue weighted by atomic mass is 9.88. The van der Waals surface area contributed by atoms with Crippen LogP contribution in [0.2, 0.25) is 0 Å². The summed E-state index contributed by atoms with van der Waals surface area (Å²) in [5.74, 6) is 0.762. The zero-order valence-corrected chi connectivity index (χ0v) is 15.2. The predicted molar refractivity (Wildman–Crippen MR) is 92.6 cm³/mol. The maximum atomic E-state index is 12.2. The molecule has 0 aliphatic carbocycles. The number of amides is 1. The molecule has 5 heteroatoms. The Morgan fingerprint density at radius 2 is 2.05 bits per heavy atom. The lowest BCUT2D eigenvalue weighted by molar-refractivity contribution is -0.126. The fourth-order valence-electron chi connectivity index (χ4n) is 2.20. The third-order valence-corrected chi connectivity index (χ3v) is 5.56. The molecule has 21 heavy (non-hydrogen) atoms. The van der Waals surface area contributed by atoms with Gasteiger partial charge in [-0.3, -0.25) is 4.79 Å². The molecule has 0 aromatic heterocycles. The maximum Gasteiger partial charge on any atom is 0.223 e. The van der Waals surface area contributed by atoms with Gasteiger partial charge < -0.3 is 10.6 Å². The number of benzene rings is 1. The molecule has 0 bridgehead atoms. The van der Waals surface area contributed by atoms with Gasteiger partial charge in [0.25, 0.3) is 0 Å². The molecule has 1 fully saturated rings. The van der Waals surface area contributed by atoms with Gasteiger partial charge in [0, 0.05) is 26.6 Å². The van der Waals surface area contributed by atoms with Crippen LogP contribution in [0, 0.1) is 11.8 Å². The molecule has 2 rings (SSSR count). The molecule has 1 aromatic carbocycles. The van der Waals surface area contributed by atoms with Crippen LogP contribution in [-0.2, 0) is 4.79 Å². The van der Waals surface area contributed by atoms with E-state index in [1.165, 1.54) is 4.90 Å². The lowest BCUT2D eigenvalue weighted by Gasteiger charge is -2.32. The highest BCUT2D eigenvalue weighted by molar-refractivity contribution is 9.10. The highest BCUT2D eigenvalue weighted by Crippen LogP contribution is 2.32. The predicted octanol–water partition coefficient (Wildman–Crippen LogP) is 3.29. The summed E-state index contributed by atoms with van der Waals surface area (Å²) in [5, 5.41) is 6.33. The molecule has 1 aliphatic rings. The van der Waals surface area contributed by atoms with Gasteiger partial charge in [-0.15, -0.1) is 11.8 Å². The normalized spacial score (nSPS) is 17.1. The summed E-state index contributed by atoms with van der Waals surface area (Å²) in [7, 11) is 0. The zero-order chi connectivity index (χ0) is 15.5. The molecule has 1 aromatic rings. The molecule has 1 saturated heterocycles. The molecule has 0 radical (unpaired) electrons. The Bertz CT molecular complexity index is 486. The van der Waals surface area contributed by atoms with Crippen molar-refractivity contribution in [1.82, 2.24) is 10.6 Å². The van der Waals surface area contributed by atoms with E-state index in [0.717, 1.165) is 17.6 Å². The molecule has 1 heterocycles. The largest absolute Gasteiger partial charge is 0.354 e. The van der Waals surface area contributed by atoms with Crippen molar-refractivity contribution in [2.75, 3.05) is 19.6 Å². The van der Waals surface area contributed by atoms with E-state index < -0.39 is 0 Å². The second-order valence-electron chi connectivity index (χ2n) is 6.24. The minimum atomic E-state index is -0.0267. The summed E-state index contributed by atoms with van der Waals surface area (Å²) in [5.41, 5.74) is 0. The Kier molecular flexibility index (Phi) is 5.74. The molecule has 0 spiro atoms. The monoisotopic (exact) mass is 370 g/mol. The van der Waals surface area contributed by atoms with Crippen LogP contribution in [0.4, 0.5) is 0 Å². The molecule has 2 N–H and O–H groups in total. The first-order chi connectivity index (χ1) is 9.87. The summed E-state index contributed by atoms with van der Waals surface area (Å²) in [6.45, 7) is 8.95. The molecule has 3 nitrogen and oxygen atoms in total. The molecule has 1 aliphatic heterocycles. The number of rotatable bonds is 6. The van der Waals surface area contributed by atoms with Crippen molar-refractivity contribution < 1.29 is 4.79 Å². The van der Waals surface area contributed by atoms with Crippen LogP contribution < -0.4 is 10.6 Å². The van der Waals surface area contributed by atoms with E-state index in [1.807, 2.05) is 19.1 Å². The molecular weight excluding hydrogens is 348 g/mol. The van der Waals surface area contributed by atoms with Crippen molar-refractivity contribution in [2.45, 2.75) is 30.4 Å². The third-order valence-electron chi connectivity index (χ3n) is 3.83. The average Bonchev–Trinajstić information content (AvgIpc) is 2.36. The maximum absolute atomic E-state index is 12.2. The Hall–Kier alpha value is -0.520. The minimum Gasteiger partial charge on any atom is -0.354 e. The quantitative estimate of drug-likeness (QED) is 0.754. The Morgan fingerprint density at radius 3 is 2.57 bits per heavy atom. The number of nitrogens with one attached hydrogen (secondary N) is 2. The molecule has 1 atom stereocenters. The van der Waals surface area contributed by atoms with E-state index in [1.54, 1.807) is 11.8 Å². The standard InChI is InChI=1S/C16H23BrN2OS/c1-11(12-8-18-9-12)15(20)19-10-16(2,3)21-14-6-4-13(17)5-7-14/h4-7,11-12,18H,8-10H2,1-3H3,(H,19,20). The number of halogens is 1. The van der Waals surface area contributed by atoms with Crippen LogP contribution in [0.1, 0.15) is 20.8 Å². The first-order valence-corrected chi connectivity index (χ1v) is 8.91. The first kappa shape index (κ1) is 16.8. The average molecular weight is 371 g/mol. The molecular formula is C16H23BrN2OS. The van der Waals surface area contributed by atoms with Crippen LogP contribution in [0.5, 0.6) is 0 Å². The zero-order valence-electron chi connectivity index (χ0n) is 12.8. The van der Waals surface area contributed by atoms with Gasteiger partial charge in [0.15, 0.2) is 0 Å². The number of hydrogen-bond donors (Lipinski definition) is 2. The van der Waals surface area contributed by atoms with Crippen LogP contribution in [0.15, 0.2) is 33.6 Å². The van der Waals surface area contributed by atoms with Crippen LogP contribution in [0.3, 0.4) is 0 Å². The molecule has 1 unspecified atom stereocenters. The topological polar surface area (TPSA) is 41.1 Å². The van der Waals surface area contributed by atoms with E-state index in [-0.39, 0.29) is 16.6 Å². The first-order valence-electron chi connectivity index (χ1n) is 7.30. The van der Waals surface area contributed by atoms with Crippen molar-refractivity contribution in [3.63, 3.8) is 0 Å². The summed E-state index contributed by atoms with van der Waals surface area (Å²) in [6, 6.07) is 8.29. The van der Waals surface area contributed by atoms with E-state index >= 15 is 0 Å². The summed E-state index contributed by atoms with van der Waals surface area (Å²) >= 11 is 5.23. The fourth-order valence-corrected chi connectivity index (χ4v) is 3.52. The smallest absolute Gasteiger partial charge is 0.223 e. The van der Waals surface area contributed by atoms with Crippen molar-refractivity contribution in [1.29, 1.82) is 0 Å². The van der Waals surface area contributed by atoms with Crippen molar-refractivity contribution in [3.8, 4) is 0 Å². The number of carbonyl (C=O) groups is 1. The summed E-state index contributed by atoms with van der Waals surface area (Å²) in [4.78, 5) is 13.4. The van der Waals surface area contributed by atoms with Crippen molar-refractivity contribution in [3.05, 3.63) is 28.7 Å². The highest BCUT2D eigenvalue weighted by atomic mass is 79.9. The molecule has 0 saturated carbocycles. The van der Waals surface area contributed by atoms with Gasteiger partial charge in [0.2, 0.25) is 5.91 Å². The van der Waals surface area contributed by atoms with Crippen molar-refractivity contribution in [2.24, 2.45) is 11.8 Å². The Balaban J connectivity index is 1.82. The number of thioether (sulfide) groups is 1. The Morgan fingerprint density at radius 1 is 1.43 bits per heavy atom. The minimum absolute atomic E-state index is 0.0267. The SMILES string of the molecule is CC(C(=O)NCC(C)(C)Sc1ccc(Br)cc1)C1CNC1. The van der Waals surface area contributed by atoms with Gasteiger partial charge >= 0.3 is 0 Å². The van der Waals surface area contributed by atoms with E-state index in [0.29, 0.717) is 12.5 Å². The summed E-state index contributed by atoms with van der Waals surface area (Å²) < 4.78 is 1.06. The second kappa shape index (κ2) is 7.16. The van der Waals surface area contributed by atoms with Crippen LogP contribution >= 0.6 is 27.7 Å². The third kappa shape index (κ3) is 5.01. The van der Waals surface area contributed by atoms with Gasteiger partial charge in [-0.05, 0) is 57.1 Å². The number of hydrogen-bond acceptors (Lipinski definition) is 3. The van der Waals surface area contributed by atoms with Crippen molar-refractivity contribution >= 4 is 33.6 Å². The van der Waals surface area contributed by atoms with Gasteiger partial charge in [-0.2, -0.15) is 0 Å². The van der Waals surface area contributed by atoms with Gasteiger partial charge in [-0.1, -0.05) is 22.9 Å². The fraction of sp³-hybridized carbons (Fsp3) is 0.562. The molecule has 116 valence electrons. The van der Waals surface area contributed by atoms with Gasteiger partial charge in [0.1, 0.15) is 0 Å². The van der Waals surface area contributed by atoms with E-state index in [2.05, 4.69) is 52.5 Å². The van der Waals surface area contributed by atoms with E-state index in [9.17, 15) is 4.79 Å². The summed E-state index contributed by atoms with van der Waals surface area (Å²) in [6.07, 6.45) is 0. The van der Waals surface area contributed by atoms with Gasteiger partial charge in [0.05, 0.1) is 0 Å². The van der Waals surface area contributed by atoms with Gasteiger partial charge in [-0.25, -0.2) is 0 Å². The number of carbonyl (C=O) groups excluding carboxylic acids is 1. The van der Waals surface area contributed by atoms with Crippen LogP contribution in [0.25, 0.3) is 0 Å². The second-order valence-corrected chi connectivity index (χ2v) is 8.94. The van der Waals surface area contributed by atoms with E-state index in [4.69, 9.17) is 0 Å². The lowest BCUT2D eigenvalue weighted by Crippen LogP contribution is -2.50. The highest BCUT2D eigenvalue weighted by Gasteiger charge is 2.29. The molecule has 1 amide bonds. The van der Waals surface area contributed by atoms with Crippen LogP contribution in [-0.4, -0.2) is 30.3 Å². The Labute approximate surface area is 139 Å².